The number of hydrogen-bond donors (Lipinski definition) is 2. The van der Waals surface area contributed by atoms with E-state index in [9.17, 15) is 8.42 Å². The fourth-order valence-electron chi connectivity index (χ4n) is 2.10. The van der Waals surface area contributed by atoms with E-state index >= 15 is 0 Å². The van der Waals surface area contributed by atoms with Gasteiger partial charge in [-0.3, -0.25) is 0 Å². The van der Waals surface area contributed by atoms with Gasteiger partial charge in [0.1, 0.15) is 5.01 Å². The number of benzene rings is 1. The Hall–Kier alpha value is -2.08. The summed E-state index contributed by atoms with van der Waals surface area (Å²) in [5.41, 5.74) is 2.57. The molecule has 1 aromatic carbocycles. The van der Waals surface area contributed by atoms with E-state index in [-0.39, 0.29) is 4.90 Å². The largest absolute Gasteiger partial charge is 0.330 e. The maximum absolute atomic E-state index is 11.3. The molecule has 2 aromatic heterocycles. The van der Waals surface area contributed by atoms with Gasteiger partial charge in [0.15, 0.2) is 5.16 Å². The Kier molecular flexibility index (Phi) is 5.51. The molecule has 0 amide bonds. The number of hydrogen-bond acceptors (Lipinski definition) is 9. The third-order valence-electron chi connectivity index (χ3n) is 3.19. The average molecular weight is 409 g/mol. The molecule has 0 saturated heterocycles. The van der Waals surface area contributed by atoms with Crippen LogP contribution in [0.4, 0.5) is 10.8 Å². The fraction of sp³-hybridized carbons (Fsp3) is 0.200. The molecular weight excluding hydrogens is 392 g/mol. The van der Waals surface area contributed by atoms with Crippen LogP contribution in [0, 0.1) is 13.8 Å². The highest BCUT2D eigenvalue weighted by atomic mass is 32.2. The second-order valence-electron chi connectivity index (χ2n) is 5.42. The summed E-state index contributed by atoms with van der Waals surface area (Å²) in [6, 6.07) is 8.05. The van der Waals surface area contributed by atoms with Crippen molar-refractivity contribution in [2.45, 2.75) is 29.7 Å². The summed E-state index contributed by atoms with van der Waals surface area (Å²) in [6.45, 7) is 3.87. The summed E-state index contributed by atoms with van der Waals surface area (Å²) in [5.74, 6) is 0.618. The molecule has 136 valence electrons. The molecule has 26 heavy (non-hydrogen) atoms. The van der Waals surface area contributed by atoms with Crippen molar-refractivity contribution in [2.75, 3.05) is 5.32 Å². The van der Waals surface area contributed by atoms with Crippen LogP contribution in [-0.2, 0) is 15.8 Å². The van der Waals surface area contributed by atoms with E-state index in [0.717, 1.165) is 16.4 Å². The molecule has 0 fully saturated rings. The van der Waals surface area contributed by atoms with Crippen LogP contribution < -0.4 is 10.5 Å². The maximum atomic E-state index is 11.3. The maximum Gasteiger partial charge on any atom is 0.238 e. The molecule has 0 aliphatic carbocycles. The molecule has 8 nitrogen and oxygen atoms in total. The van der Waals surface area contributed by atoms with Crippen LogP contribution in [0.25, 0.3) is 0 Å². The molecule has 2 heterocycles. The number of anilines is 2. The first-order valence-electron chi connectivity index (χ1n) is 7.47. The van der Waals surface area contributed by atoms with E-state index in [1.807, 2.05) is 19.9 Å². The van der Waals surface area contributed by atoms with Gasteiger partial charge >= 0.3 is 0 Å². The summed E-state index contributed by atoms with van der Waals surface area (Å²) < 4.78 is 22.5. The molecule has 0 radical (unpaired) electrons. The standard InChI is InChI=1S/C15H16N6O2S3/c1-9-7-10(2)18-14(17-9)24-8-13-20-21-15(25-13)19-11-3-5-12(6-4-11)26(16,22)23/h3-7H,8H2,1-2H3,(H,19,21)(H2,16,22,23). The zero-order valence-corrected chi connectivity index (χ0v) is 16.5. The van der Waals surface area contributed by atoms with Gasteiger partial charge in [-0.2, -0.15) is 0 Å². The summed E-state index contributed by atoms with van der Waals surface area (Å²) in [5, 5.41) is 18.6. The van der Waals surface area contributed by atoms with Crippen LogP contribution in [0.1, 0.15) is 16.4 Å². The lowest BCUT2D eigenvalue weighted by Gasteiger charge is -2.03. The Bertz CT molecular complexity index is 998. The van der Waals surface area contributed by atoms with Gasteiger partial charge in [0.25, 0.3) is 0 Å². The average Bonchev–Trinajstić information content (AvgIpc) is 2.99. The Morgan fingerprint density at radius 3 is 2.38 bits per heavy atom. The van der Waals surface area contributed by atoms with Crippen molar-refractivity contribution < 1.29 is 8.42 Å². The van der Waals surface area contributed by atoms with Crippen LogP contribution in [0.5, 0.6) is 0 Å². The first-order chi connectivity index (χ1) is 12.3. The molecule has 3 rings (SSSR count). The van der Waals surface area contributed by atoms with Crippen molar-refractivity contribution in [3.8, 4) is 0 Å². The topological polar surface area (TPSA) is 124 Å². The predicted octanol–water partition coefficient (Wildman–Crippen LogP) is 2.63. The number of sulfonamides is 1. The van der Waals surface area contributed by atoms with Crippen LogP contribution in [-0.4, -0.2) is 28.6 Å². The van der Waals surface area contributed by atoms with Crippen LogP contribution in [0.2, 0.25) is 0 Å². The molecule has 0 saturated carbocycles. The van der Waals surface area contributed by atoms with E-state index < -0.39 is 10.0 Å². The van der Waals surface area contributed by atoms with E-state index in [4.69, 9.17) is 5.14 Å². The third-order valence-corrected chi connectivity index (χ3v) is 6.00. The second-order valence-corrected chi connectivity index (χ2v) is 8.98. The fourth-order valence-corrected chi connectivity index (χ4v) is 4.31. The van der Waals surface area contributed by atoms with E-state index in [1.165, 1.54) is 35.2 Å². The van der Waals surface area contributed by atoms with Crippen molar-refractivity contribution in [3.63, 3.8) is 0 Å². The van der Waals surface area contributed by atoms with Crippen LogP contribution >= 0.6 is 23.1 Å². The lowest BCUT2D eigenvalue weighted by Crippen LogP contribution is -2.11. The van der Waals surface area contributed by atoms with Gasteiger partial charge in [-0.1, -0.05) is 23.1 Å². The summed E-state index contributed by atoms with van der Waals surface area (Å²) >= 11 is 2.92. The molecular formula is C15H16N6O2S3. The van der Waals surface area contributed by atoms with Crippen molar-refractivity contribution in [3.05, 3.63) is 46.7 Å². The summed E-state index contributed by atoms with van der Waals surface area (Å²) in [7, 11) is -3.70. The van der Waals surface area contributed by atoms with Gasteiger partial charge in [0, 0.05) is 17.1 Å². The van der Waals surface area contributed by atoms with Gasteiger partial charge in [-0.15, -0.1) is 10.2 Å². The highest BCUT2D eigenvalue weighted by molar-refractivity contribution is 7.98. The molecule has 0 unspecified atom stereocenters. The molecule has 11 heteroatoms. The predicted molar refractivity (Wildman–Crippen MR) is 102 cm³/mol. The molecule has 0 atom stereocenters. The summed E-state index contributed by atoms with van der Waals surface area (Å²) in [4.78, 5) is 8.83. The minimum atomic E-state index is -3.70. The van der Waals surface area contributed by atoms with E-state index in [0.29, 0.717) is 21.7 Å². The van der Waals surface area contributed by atoms with Gasteiger partial charge in [-0.05, 0) is 44.2 Å². The van der Waals surface area contributed by atoms with Crippen LogP contribution in [0.3, 0.4) is 0 Å². The Morgan fingerprint density at radius 1 is 1.12 bits per heavy atom. The van der Waals surface area contributed by atoms with Gasteiger partial charge in [-0.25, -0.2) is 23.5 Å². The Labute approximate surface area is 159 Å². The smallest absolute Gasteiger partial charge is 0.238 e. The van der Waals surface area contributed by atoms with Crippen LogP contribution in [0.15, 0.2) is 40.4 Å². The number of nitrogens with two attached hydrogens (primary N) is 1. The second kappa shape index (κ2) is 7.66. The normalized spacial score (nSPS) is 11.5. The Morgan fingerprint density at radius 2 is 1.77 bits per heavy atom. The van der Waals surface area contributed by atoms with Crippen molar-refractivity contribution in [1.29, 1.82) is 0 Å². The van der Waals surface area contributed by atoms with Gasteiger partial charge in [0.2, 0.25) is 15.2 Å². The zero-order chi connectivity index (χ0) is 18.7. The number of nitrogens with one attached hydrogen (secondary N) is 1. The highest BCUT2D eigenvalue weighted by Gasteiger charge is 2.09. The van der Waals surface area contributed by atoms with E-state index in [1.54, 1.807) is 12.1 Å². The third kappa shape index (κ3) is 4.97. The lowest BCUT2D eigenvalue weighted by atomic mass is 10.3. The molecule has 0 spiro atoms. The zero-order valence-electron chi connectivity index (χ0n) is 14.0. The first kappa shape index (κ1) is 18.7. The Balaban J connectivity index is 1.62. The molecule has 0 bridgehead atoms. The van der Waals surface area contributed by atoms with Crippen molar-refractivity contribution in [2.24, 2.45) is 5.14 Å². The number of nitrogens with zero attached hydrogens (tertiary/aromatic N) is 4. The number of aromatic nitrogens is 4. The van der Waals surface area contributed by atoms with Gasteiger partial charge < -0.3 is 5.32 Å². The van der Waals surface area contributed by atoms with Crippen molar-refractivity contribution in [1.82, 2.24) is 20.2 Å². The lowest BCUT2D eigenvalue weighted by molar-refractivity contribution is 0.598. The molecule has 3 aromatic rings. The molecule has 0 aliphatic heterocycles. The number of rotatable bonds is 6. The van der Waals surface area contributed by atoms with E-state index in [2.05, 4.69) is 25.5 Å². The molecule has 0 aliphatic rings. The first-order valence-corrected chi connectivity index (χ1v) is 10.8. The van der Waals surface area contributed by atoms with Crippen molar-refractivity contribution >= 4 is 43.9 Å². The minimum Gasteiger partial charge on any atom is -0.330 e. The number of thioether (sulfide) groups is 1. The summed E-state index contributed by atoms with van der Waals surface area (Å²) in [6.07, 6.45) is 0. The monoisotopic (exact) mass is 408 g/mol. The highest BCUT2D eigenvalue weighted by Crippen LogP contribution is 2.26. The molecule has 3 N–H and O–H groups in total. The number of primary sulfonamides is 1. The number of aryl methyl sites for hydroxylation is 2. The SMILES string of the molecule is Cc1cc(C)nc(SCc2nnc(Nc3ccc(S(N)(=O)=O)cc3)s2)n1. The quantitative estimate of drug-likeness (QED) is 0.471. The van der Waals surface area contributed by atoms with Gasteiger partial charge in [0.05, 0.1) is 10.6 Å². The minimum absolute atomic E-state index is 0.0610.